The molecule has 2 aliphatic rings. The molecule has 0 radical (unpaired) electrons. The molecule has 0 bridgehead atoms. The summed E-state index contributed by atoms with van der Waals surface area (Å²) in [7, 11) is 0. The van der Waals surface area contributed by atoms with Crippen LogP contribution in [0.3, 0.4) is 0 Å². The standard InChI is InChI=1S/C29H41N5O2/c1-4-17-33-29(31)34-19-8-10-23(20-34)36-27-15-14-22(24-11-5-6-12-25(24)27)9-7-13-28(35)32-18-16-26(30)21(2)3/h5-6,8,10-12,16,18,20-22,27H,4,7,9,13-15,17,19,30H2,1-3H3,(H2,31,33). The SMILES string of the molecule is CCCN=C(N)N1C=C(OC2CCC(CCCC(=O)N=CC=C(N)C(C)C)c3ccccc32)C=CC1. The minimum Gasteiger partial charge on any atom is -0.484 e. The van der Waals surface area contributed by atoms with Gasteiger partial charge in [-0.2, -0.15) is 0 Å². The van der Waals surface area contributed by atoms with Crippen molar-refractivity contribution in [3.05, 3.63) is 71.3 Å². The normalized spacial score (nSPS) is 20.6. The van der Waals surface area contributed by atoms with Crippen molar-refractivity contribution in [2.24, 2.45) is 27.4 Å². The second-order valence-electron chi connectivity index (χ2n) is 9.72. The van der Waals surface area contributed by atoms with Crippen molar-refractivity contribution in [1.29, 1.82) is 0 Å². The zero-order valence-corrected chi connectivity index (χ0v) is 21.9. The highest BCUT2D eigenvalue weighted by Gasteiger charge is 2.28. The van der Waals surface area contributed by atoms with Crippen molar-refractivity contribution >= 4 is 18.1 Å². The highest BCUT2D eigenvalue weighted by Crippen LogP contribution is 2.42. The summed E-state index contributed by atoms with van der Waals surface area (Å²) in [5.41, 5.74) is 15.3. The van der Waals surface area contributed by atoms with Crippen LogP contribution in [0.1, 0.15) is 82.4 Å². The number of carbonyl (C=O) groups excluding carboxylic acids is 1. The minimum atomic E-state index is -0.101. The summed E-state index contributed by atoms with van der Waals surface area (Å²) in [4.78, 5) is 22.5. The zero-order valence-electron chi connectivity index (χ0n) is 21.9. The summed E-state index contributed by atoms with van der Waals surface area (Å²) in [5, 5.41) is 0. The van der Waals surface area contributed by atoms with E-state index in [1.807, 2.05) is 37.1 Å². The molecule has 194 valence electrons. The Labute approximate surface area is 215 Å². The van der Waals surface area contributed by atoms with Crippen molar-refractivity contribution in [3.63, 3.8) is 0 Å². The first-order valence-electron chi connectivity index (χ1n) is 13.1. The quantitative estimate of drug-likeness (QED) is 0.340. The molecule has 4 N–H and O–H groups in total. The van der Waals surface area contributed by atoms with Crippen LogP contribution < -0.4 is 11.5 Å². The third kappa shape index (κ3) is 7.83. The molecule has 1 heterocycles. The molecule has 1 amide bonds. The van der Waals surface area contributed by atoms with Crippen LogP contribution in [0.2, 0.25) is 0 Å². The monoisotopic (exact) mass is 491 g/mol. The number of nitrogens with zero attached hydrogens (tertiary/aromatic N) is 3. The molecule has 1 aromatic carbocycles. The first-order chi connectivity index (χ1) is 17.4. The molecule has 0 aromatic heterocycles. The summed E-state index contributed by atoms with van der Waals surface area (Å²) < 4.78 is 6.45. The smallest absolute Gasteiger partial charge is 0.245 e. The molecule has 1 aliphatic carbocycles. The first kappa shape index (κ1) is 27.2. The van der Waals surface area contributed by atoms with Crippen molar-refractivity contribution in [3.8, 4) is 0 Å². The number of fused-ring (bicyclic) bond motifs is 1. The van der Waals surface area contributed by atoms with Gasteiger partial charge in [-0.3, -0.25) is 9.79 Å². The average Bonchev–Trinajstić information content (AvgIpc) is 2.88. The van der Waals surface area contributed by atoms with Crippen LogP contribution in [0, 0.1) is 5.92 Å². The maximum absolute atomic E-state index is 12.2. The van der Waals surface area contributed by atoms with Crippen molar-refractivity contribution in [2.75, 3.05) is 13.1 Å². The Bertz CT molecular complexity index is 1040. The Kier molecular flexibility index (Phi) is 10.3. The number of rotatable bonds is 10. The summed E-state index contributed by atoms with van der Waals surface area (Å²) in [6.07, 6.45) is 14.3. The van der Waals surface area contributed by atoms with E-state index in [0.717, 1.165) is 50.1 Å². The van der Waals surface area contributed by atoms with Gasteiger partial charge < -0.3 is 21.1 Å². The molecule has 1 aliphatic heterocycles. The molecular weight excluding hydrogens is 450 g/mol. The summed E-state index contributed by atoms with van der Waals surface area (Å²) in [6, 6.07) is 8.51. The molecule has 0 saturated carbocycles. The third-order valence-corrected chi connectivity index (χ3v) is 6.59. The fourth-order valence-electron chi connectivity index (χ4n) is 4.47. The number of allylic oxidation sites excluding steroid dienone is 3. The predicted molar refractivity (Wildman–Crippen MR) is 147 cm³/mol. The number of guanidine groups is 1. The summed E-state index contributed by atoms with van der Waals surface area (Å²) in [6.45, 7) is 7.51. The predicted octanol–water partition coefficient (Wildman–Crippen LogP) is 5.33. The Morgan fingerprint density at radius 3 is 2.75 bits per heavy atom. The molecule has 7 nitrogen and oxygen atoms in total. The number of amides is 1. The van der Waals surface area contributed by atoms with E-state index in [0.29, 0.717) is 24.8 Å². The Morgan fingerprint density at radius 2 is 2.00 bits per heavy atom. The number of hydrogen-bond donors (Lipinski definition) is 2. The molecule has 3 rings (SSSR count). The number of benzene rings is 1. The van der Waals surface area contributed by atoms with Crippen LogP contribution in [0.5, 0.6) is 0 Å². The second kappa shape index (κ2) is 13.7. The molecule has 0 saturated heterocycles. The van der Waals surface area contributed by atoms with Crippen molar-refractivity contribution < 1.29 is 9.53 Å². The lowest BCUT2D eigenvalue weighted by molar-refractivity contribution is -0.117. The highest BCUT2D eigenvalue weighted by molar-refractivity contribution is 5.88. The maximum atomic E-state index is 12.2. The minimum absolute atomic E-state index is 0.00783. The lowest BCUT2D eigenvalue weighted by Gasteiger charge is -2.33. The number of nitrogens with two attached hydrogens (primary N) is 2. The van der Waals surface area contributed by atoms with Gasteiger partial charge in [0.05, 0.1) is 0 Å². The van der Waals surface area contributed by atoms with Crippen LogP contribution in [-0.2, 0) is 9.53 Å². The van der Waals surface area contributed by atoms with Gasteiger partial charge in [0, 0.05) is 37.6 Å². The van der Waals surface area contributed by atoms with E-state index < -0.39 is 0 Å². The topological polar surface area (TPSA) is 106 Å². The van der Waals surface area contributed by atoms with E-state index in [4.69, 9.17) is 16.2 Å². The lowest BCUT2D eigenvalue weighted by atomic mass is 9.79. The fourth-order valence-corrected chi connectivity index (χ4v) is 4.47. The van der Waals surface area contributed by atoms with E-state index in [1.165, 1.54) is 17.3 Å². The number of aliphatic imine (C=N–C) groups is 2. The fraction of sp³-hybridized carbons (Fsp3) is 0.483. The molecule has 2 unspecified atom stereocenters. The first-order valence-corrected chi connectivity index (χ1v) is 13.1. The van der Waals surface area contributed by atoms with Crippen LogP contribution >= 0.6 is 0 Å². The van der Waals surface area contributed by atoms with Crippen LogP contribution in [-0.4, -0.2) is 36.1 Å². The largest absolute Gasteiger partial charge is 0.484 e. The average molecular weight is 492 g/mol. The van der Waals surface area contributed by atoms with Gasteiger partial charge >= 0.3 is 0 Å². The third-order valence-electron chi connectivity index (χ3n) is 6.59. The van der Waals surface area contributed by atoms with Crippen LogP contribution in [0.4, 0.5) is 0 Å². The van der Waals surface area contributed by atoms with E-state index in [1.54, 1.807) is 6.08 Å². The highest BCUT2D eigenvalue weighted by atomic mass is 16.5. The van der Waals surface area contributed by atoms with Gasteiger partial charge in [0.1, 0.15) is 11.9 Å². The maximum Gasteiger partial charge on any atom is 0.245 e. The van der Waals surface area contributed by atoms with Gasteiger partial charge in [-0.05, 0) is 67.2 Å². The number of carbonyl (C=O) groups is 1. The number of hydrogen-bond acceptors (Lipinski definition) is 4. The molecule has 1 aromatic rings. The van der Waals surface area contributed by atoms with Crippen LogP contribution in [0.25, 0.3) is 0 Å². The Hall–Kier alpha value is -3.35. The molecule has 2 atom stereocenters. The summed E-state index contributed by atoms with van der Waals surface area (Å²) >= 11 is 0. The Morgan fingerprint density at radius 1 is 1.22 bits per heavy atom. The van der Waals surface area contributed by atoms with Crippen molar-refractivity contribution in [2.45, 2.75) is 71.3 Å². The van der Waals surface area contributed by atoms with Crippen LogP contribution in [0.15, 0.2) is 70.1 Å². The van der Waals surface area contributed by atoms with E-state index in [2.05, 4.69) is 41.2 Å². The molecule has 36 heavy (non-hydrogen) atoms. The van der Waals surface area contributed by atoms with Crippen molar-refractivity contribution in [1.82, 2.24) is 4.90 Å². The van der Waals surface area contributed by atoms with E-state index >= 15 is 0 Å². The molecular formula is C29H41N5O2. The number of ether oxygens (including phenoxy) is 1. The molecule has 0 fully saturated rings. The molecule has 0 spiro atoms. The van der Waals surface area contributed by atoms with Gasteiger partial charge in [0.25, 0.3) is 0 Å². The lowest BCUT2D eigenvalue weighted by Crippen LogP contribution is -2.35. The zero-order chi connectivity index (χ0) is 25.9. The summed E-state index contributed by atoms with van der Waals surface area (Å²) in [5.74, 6) is 1.87. The Balaban J connectivity index is 1.58. The van der Waals surface area contributed by atoms with Gasteiger partial charge in [0.2, 0.25) is 5.91 Å². The second-order valence-corrected chi connectivity index (χ2v) is 9.72. The van der Waals surface area contributed by atoms with E-state index in [-0.39, 0.29) is 17.9 Å². The van der Waals surface area contributed by atoms with E-state index in [9.17, 15) is 4.79 Å². The van der Waals surface area contributed by atoms with Gasteiger partial charge in [-0.25, -0.2) is 4.99 Å². The van der Waals surface area contributed by atoms with Gasteiger partial charge in [-0.1, -0.05) is 51.1 Å². The van der Waals surface area contributed by atoms with Gasteiger partial charge in [-0.15, -0.1) is 0 Å². The van der Waals surface area contributed by atoms with Gasteiger partial charge in [0.15, 0.2) is 5.96 Å². The molecule has 7 heteroatoms.